The fraction of sp³-hybridized carbons (Fsp3) is 0.304. The normalized spacial score (nSPS) is 21.0. The predicted molar refractivity (Wildman–Crippen MR) is 113 cm³/mol. The molecule has 1 aliphatic carbocycles. The molecule has 0 bridgehead atoms. The molecule has 6 heteroatoms. The highest BCUT2D eigenvalue weighted by atomic mass is 32.1. The van der Waals surface area contributed by atoms with Gasteiger partial charge in [-0.3, -0.25) is 9.59 Å². The van der Waals surface area contributed by atoms with Gasteiger partial charge in [0, 0.05) is 40.6 Å². The maximum Gasteiger partial charge on any atom is 0.254 e. The number of amides is 1. The molecule has 0 saturated heterocycles. The molecule has 0 radical (unpaired) electrons. The lowest BCUT2D eigenvalue weighted by Crippen LogP contribution is -2.39. The third-order valence-corrected chi connectivity index (χ3v) is 6.16. The molecule has 2 aliphatic rings. The number of halogens is 1. The molecule has 0 spiro atoms. The van der Waals surface area contributed by atoms with Gasteiger partial charge < -0.3 is 10.6 Å². The summed E-state index contributed by atoms with van der Waals surface area (Å²) in [6.45, 7) is 6.05. The summed E-state index contributed by atoms with van der Waals surface area (Å²) in [5, 5.41) is 10.1. The van der Waals surface area contributed by atoms with Crippen LogP contribution in [0.1, 0.15) is 45.1 Å². The van der Waals surface area contributed by atoms with E-state index >= 15 is 0 Å². The Hall–Kier alpha value is -2.73. The first-order valence-electron chi connectivity index (χ1n) is 9.58. The summed E-state index contributed by atoms with van der Waals surface area (Å²) in [4.78, 5) is 26.4. The van der Waals surface area contributed by atoms with Gasteiger partial charge in [0.1, 0.15) is 5.82 Å². The fourth-order valence-corrected chi connectivity index (χ4v) is 4.93. The second-order valence-electron chi connectivity index (χ2n) is 8.45. The topological polar surface area (TPSA) is 58.2 Å². The summed E-state index contributed by atoms with van der Waals surface area (Å²) >= 11 is 1.54. The first-order valence-corrected chi connectivity index (χ1v) is 10.5. The van der Waals surface area contributed by atoms with E-state index in [4.69, 9.17) is 0 Å². The lowest BCUT2D eigenvalue weighted by molar-refractivity contribution is -0.118. The molecule has 2 aromatic rings. The molecule has 4 rings (SSSR count). The van der Waals surface area contributed by atoms with Crippen LogP contribution in [-0.2, 0) is 9.59 Å². The zero-order valence-electron chi connectivity index (χ0n) is 16.6. The van der Waals surface area contributed by atoms with Gasteiger partial charge >= 0.3 is 0 Å². The Kier molecular flexibility index (Phi) is 4.90. The number of allylic oxidation sites excluding steroid dienone is 3. The van der Waals surface area contributed by atoms with Crippen molar-refractivity contribution in [2.24, 2.45) is 5.41 Å². The average molecular weight is 411 g/mol. The first kappa shape index (κ1) is 19.6. The molecule has 0 saturated carbocycles. The Morgan fingerprint density at radius 1 is 1.21 bits per heavy atom. The van der Waals surface area contributed by atoms with Gasteiger partial charge in [-0.25, -0.2) is 4.39 Å². The number of Topliss-reactive ketones (excluding diaryl/α,β-unsaturated/α-hetero) is 1. The molecule has 2 N–H and O–H groups in total. The molecule has 1 aromatic carbocycles. The maximum atomic E-state index is 13.2. The van der Waals surface area contributed by atoms with Crippen molar-refractivity contribution in [2.75, 3.05) is 5.32 Å². The zero-order valence-corrected chi connectivity index (χ0v) is 17.5. The van der Waals surface area contributed by atoms with Gasteiger partial charge in [-0.15, -0.1) is 0 Å². The molecule has 0 fully saturated rings. The average Bonchev–Trinajstić information content (AvgIpc) is 3.15. The molecule has 2 heterocycles. The van der Waals surface area contributed by atoms with E-state index < -0.39 is 5.92 Å². The summed E-state index contributed by atoms with van der Waals surface area (Å²) in [5.41, 5.74) is 4.22. The van der Waals surface area contributed by atoms with Crippen molar-refractivity contribution in [2.45, 2.75) is 39.5 Å². The van der Waals surface area contributed by atoms with E-state index in [1.165, 1.54) is 24.3 Å². The van der Waals surface area contributed by atoms with Gasteiger partial charge in [0.2, 0.25) is 0 Å². The molecule has 4 nitrogen and oxygen atoms in total. The second kappa shape index (κ2) is 7.26. The zero-order chi connectivity index (χ0) is 20.8. The SMILES string of the molecule is CC1=C(C(=O)Nc2ccc(F)cc2)C(c2ccsc2)C2=C(CC(C)(C)CC2=O)N1. The molecule has 29 heavy (non-hydrogen) atoms. The third kappa shape index (κ3) is 3.77. The predicted octanol–water partition coefficient (Wildman–Crippen LogP) is 5.13. The molecule has 1 aliphatic heterocycles. The van der Waals surface area contributed by atoms with Crippen molar-refractivity contribution in [3.63, 3.8) is 0 Å². The Morgan fingerprint density at radius 3 is 2.59 bits per heavy atom. The van der Waals surface area contributed by atoms with Crippen LogP contribution >= 0.6 is 11.3 Å². The van der Waals surface area contributed by atoms with Crippen LogP contribution in [0.2, 0.25) is 0 Å². The van der Waals surface area contributed by atoms with Crippen molar-refractivity contribution in [1.82, 2.24) is 5.32 Å². The number of benzene rings is 1. The number of hydrogen-bond acceptors (Lipinski definition) is 4. The van der Waals surface area contributed by atoms with Crippen molar-refractivity contribution in [3.05, 3.63) is 75.0 Å². The van der Waals surface area contributed by atoms with Crippen molar-refractivity contribution >= 4 is 28.7 Å². The Morgan fingerprint density at radius 2 is 1.93 bits per heavy atom. The highest BCUT2D eigenvalue weighted by molar-refractivity contribution is 7.08. The standard InChI is InChI=1S/C23H23FN2O2S/c1-13-19(22(28)26-16-6-4-15(24)5-7-16)20(14-8-9-29-12-14)21-17(25-13)10-23(2,3)11-18(21)27/h4-9,12,20,25H,10-11H2,1-3H3,(H,26,28). The van der Waals surface area contributed by atoms with Crippen LogP contribution in [0.4, 0.5) is 10.1 Å². The lowest BCUT2D eigenvalue weighted by atomic mass is 9.69. The summed E-state index contributed by atoms with van der Waals surface area (Å²) in [6, 6.07) is 7.63. The van der Waals surface area contributed by atoms with Crippen LogP contribution in [0.5, 0.6) is 0 Å². The first-order chi connectivity index (χ1) is 13.7. The number of ketones is 1. The van der Waals surface area contributed by atoms with Crippen LogP contribution in [0.15, 0.2) is 63.6 Å². The van der Waals surface area contributed by atoms with Crippen molar-refractivity contribution < 1.29 is 14.0 Å². The van der Waals surface area contributed by atoms with Gasteiger partial charge in [0.15, 0.2) is 5.78 Å². The highest BCUT2D eigenvalue weighted by Crippen LogP contribution is 2.47. The van der Waals surface area contributed by atoms with Gasteiger partial charge in [-0.1, -0.05) is 13.8 Å². The van der Waals surface area contributed by atoms with E-state index in [0.29, 0.717) is 23.3 Å². The second-order valence-corrected chi connectivity index (χ2v) is 9.23. The monoisotopic (exact) mass is 410 g/mol. The molecule has 150 valence electrons. The maximum absolute atomic E-state index is 13.2. The van der Waals surface area contributed by atoms with Crippen molar-refractivity contribution in [3.8, 4) is 0 Å². The summed E-state index contributed by atoms with van der Waals surface area (Å²) < 4.78 is 13.2. The molecule has 1 atom stereocenters. The Balaban J connectivity index is 1.75. The van der Waals surface area contributed by atoms with E-state index in [0.717, 1.165) is 23.4 Å². The summed E-state index contributed by atoms with van der Waals surface area (Å²) in [5.74, 6) is -0.970. The summed E-state index contributed by atoms with van der Waals surface area (Å²) in [7, 11) is 0. The largest absolute Gasteiger partial charge is 0.362 e. The molecular weight excluding hydrogens is 387 g/mol. The number of hydrogen-bond donors (Lipinski definition) is 2. The quantitative estimate of drug-likeness (QED) is 0.738. The number of thiophene rings is 1. The van der Waals surface area contributed by atoms with Crippen LogP contribution in [-0.4, -0.2) is 11.7 Å². The van der Waals surface area contributed by atoms with Gasteiger partial charge in [-0.05, 0) is 65.4 Å². The molecule has 1 unspecified atom stereocenters. The number of rotatable bonds is 3. The van der Waals surface area contributed by atoms with E-state index in [9.17, 15) is 14.0 Å². The number of dihydropyridines is 1. The van der Waals surface area contributed by atoms with Crippen LogP contribution in [0.25, 0.3) is 0 Å². The minimum Gasteiger partial charge on any atom is -0.362 e. The van der Waals surface area contributed by atoms with Crippen LogP contribution in [0.3, 0.4) is 0 Å². The van der Waals surface area contributed by atoms with Gasteiger partial charge in [0.25, 0.3) is 5.91 Å². The Labute approximate surface area is 173 Å². The molecule has 1 amide bonds. The van der Waals surface area contributed by atoms with Crippen LogP contribution < -0.4 is 10.6 Å². The van der Waals surface area contributed by atoms with E-state index in [1.807, 2.05) is 23.8 Å². The van der Waals surface area contributed by atoms with Gasteiger partial charge in [0.05, 0.1) is 0 Å². The number of carbonyl (C=O) groups is 2. The lowest BCUT2D eigenvalue weighted by Gasteiger charge is -2.39. The number of carbonyl (C=O) groups excluding carboxylic acids is 2. The molecular formula is C23H23FN2O2S. The fourth-order valence-electron chi connectivity index (χ4n) is 4.24. The minimum absolute atomic E-state index is 0.0829. The number of anilines is 1. The van der Waals surface area contributed by atoms with Crippen molar-refractivity contribution in [1.29, 1.82) is 0 Å². The Bertz CT molecular complexity index is 1030. The third-order valence-electron chi connectivity index (χ3n) is 5.46. The van der Waals surface area contributed by atoms with E-state index in [2.05, 4.69) is 24.5 Å². The molecule has 1 aromatic heterocycles. The highest BCUT2D eigenvalue weighted by Gasteiger charge is 2.42. The van der Waals surface area contributed by atoms with Crippen LogP contribution in [0, 0.1) is 11.2 Å². The minimum atomic E-state index is -0.401. The number of nitrogens with one attached hydrogen (secondary N) is 2. The smallest absolute Gasteiger partial charge is 0.254 e. The van der Waals surface area contributed by atoms with E-state index in [1.54, 1.807) is 11.3 Å². The van der Waals surface area contributed by atoms with E-state index in [-0.39, 0.29) is 22.9 Å². The summed E-state index contributed by atoms with van der Waals surface area (Å²) in [6.07, 6.45) is 1.22. The van der Waals surface area contributed by atoms with Gasteiger partial charge in [-0.2, -0.15) is 11.3 Å².